The third kappa shape index (κ3) is 1.59. The monoisotopic (exact) mass is 352 g/mol. The average molecular weight is 352 g/mol. The molecule has 134 valence electrons. The van der Waals surface area contributed by atoms with Crippen LogP contribution in [0.3, 0.4) is 0 Å². The van der Waals surface area contributed by atoms with Crippen molar-refractivity contribution in [3.63, 3.8) is 0 Å². The van der Waals surface area contributed by atoms with E-state index in [4.69, 9.17) is 0 Å². The van der Waals surface area contributed by atoms with Crippen LogP contribution in [0, 0.1) is 47.3 Å². The molecule has 4 aliphatic carbocycles. The molecule has 2 heterocycles. The summed E-state index contributed by atoms with van der Waals surface area (Å²) >= 11 is 0. The van der Waals surface area contributed by atoms with Gasteiger partial charge in [-0.2, -0.15) is 0 Å². The third-order valence-corrected chi connectivity index (χ3v) is 7.67. The Balaban J connectivity index is 1.19. The molecule has 0 aromatic rings. The van der Waals surface area contributed by atoms with Crippen LogP contribution in [-0.2, 0) is 19.2 Å². The summed E-state index contributed by atoms with van der Waals surface area (Å²) in [5.74, 6) is -0.602. The van der Waals surface area contributed by atoms with E-state index in [2.05, 4.69) is 24.3 Å². The first-order valence-corrected chi connectivity index (χ1v) is 9.63. The smallest absolute Gasteiger partial charge is 0.233 e. The van der Waals surface area contributed by atoms with Gasteiger partial charge in [-0.3, -0.25) is 29.0 Å². The number of allylic oxidation sites excluding steroid dienone is 4. The maximum Gasteiger partial charge on any atom is 0.233 e. The normalized spacial score (nSPS) is 47.1. The van der Waals surface area contributed by atoms with Crippen molar-refractivity contribution >= 4 is 23.6 Å². The molecule has 2 aliphatic heterocycles. The summed E-state index contributed by atoms with van der Waals surface area (Å²) in [7, 11) is 0. The number of fused-ring (bicyclic) bond motifs is 10. The van der Waals surface area contributed by atoms with Crippen LogP contribution in [0.4, 0.5) is 0 Å². The van der Waals surface area contributed by atoms with E-state index in [0.717, 1.165) is 12.8 Å². The number of amides is 4. The Morgan fingerprint density at radius 2 is 0.846 bits per heavy atom. The van der Waals surface area contributed by atoms with Gasteiger partial charge < -0.3 is 0 Å². The van der Waals surface area contributed by atoms with Gasteiger partial charge in [0.1, 0.15) is 0 Å². The largest absolute Gasteiger partial charge is 0.280 e. The van der Waals surface area contributed by atoms with Crippen LogP contribution in [0.5, 0.6) is 0 Å². The zero-order valence-electron chi connectivity index (χ0n) is 14.3. The summed E-state index contributed by atoms with van der Waals surface area (Å²) in [6.45, 7) is 0.285. The summed E-state index contributed by atoms with van der Waals surface area (Å²) < 4.78 is 0. The summed E-state index contributed by atoms with van der Waals surface area (Å²) in [6, 6.07) is 0. The summed E-state index contributed by atoms with van der Waals surface area (Å²) in [5.41, 5.74) is 0. The Bertz CT molecular complexity index is 702. The second-order valence-corrected chi connectivity index (χ2v) is 8.66. The molecule has 2 saturated heterocycles. The topological polar surface area (TPSA) is 74.8 Å². The molecular formula is C20H20N2O4. The molecule has 26 heavy (non-hydrogen) atoms. The number of imide groups is 2. The molecule has 6 heteroatoms. The summed E-state index contributed by atoms with van der Waals surface area (Å²) in [5, 5.41) is 0. The predicted octanol–water partition coefficient (Wildman–Crippen LogP) is 0.601. The highest BCUT2D eigenvalue weighted by Crippen LogP contribution is 2.53. The quantitative estimate of drug-likeness (QED) is 0.551. The van der Waals surface area contributed by atoms with Crippen LogP contribution in [0.15, 0.2) is 24.3 Å². The molecule has 0 radical (unpaired) electrons. The van der Waals surface area contributed by atoms with Crippen LogP contribution >= 0.6 is 0 Å². The van der Waals surface area contributed by atoms with Gasteiger partial charge in [-0.25, -0.2) is 0 Å². The minimum absolute atomic E-state index is 0.113. The number of carbonyl (C=O) groups is 4. The van der Waals surface area contributed by atoms with E-state index in [1.54, 1.807) is 0 Å². The van der Waals surface area contributed by atoms with Crippen molar-refractivity contribution in [1.82, 2.24) is 9.80 Å². The molecule has 0 spiro atoms. The minimum Gasteiger partial charge on any atom is -0.280 e. The highest BCUT2D eigenvalue weighted by atomic mass is 16.2. The zero-order chi connectivity index (χ0) is 17.7. The number of rotatable bonds is 3. The van der Waals surface area contributed by atoms with Gasteiger partial charge in [0.2, 0.25) is 23.6 Å². The highest BCUT2D eigenvalue weighted by Gasteiger charge is 2.61. The minimum atomic E-state index is -0.220. The van der Waals surface area contributed by atoms with Gasteiger partial charge in [-0.1, -0.05) is 24.3 Å². The lowest BCUT2D eigenvalue weighted by atomic mass is 9.85. The van der Waals surface area contributed by atoms with Gasteiger partial charge in [0.15, 0.2) is 0 Å². The van der Waals surface area contributed by atoms with Gasteiger partial charge in [-0.15, -0.1) is 0 Å². The Kier molecular flexibility index (Phi) is 2.70. The molecule has 6 aliphatic rings. The first-order valence-electron chi connectivity index (χ1n) is 9.63. The highest BCUT2D eigenvalue weighted by molar-refractivity contribution is 6.08. The lowest BCUT2D eigenvalue weighted by molar-refractivity contribution is -0.146. The number of hydrogen-bond donors (Lipinski definition) is 0. The molecule has 6 rings (SSSR count). The molecule has 6 nitrogen and oxygen atoms in total. The molecule has 0 unspecified atom stereocenters. The molecule has 2 saturated carbocycles. The van der Waals surface area contributed by atoms with Crippen molar-refractivity contribution in [2.24, 2.45) is 47.3 Å². The van der Waals surface area contributed by atoms with Crippen molar-refractivity contribution in [2.45, 2.75) is 12.8 Å². The first-order chi connectivity index (χ1) is 12.6. The van der Waals surface area contributed by atoms with E-state index in [1.807, 2.05) is 0 Å². The number of carbonyl (C=O) groups excluding carboxylic acids is 4. The lowest BCUT2D eigenvalue weighted by Gasteiger charge is -2.22. The fourth-order valence-electron chi connectivity index (χ4n) is 6.57. The van der Waals surface area contributed by atoms with Gasteiger partial charge >= 0.3 is 0 Å². The summed E-state index contributed by atoms with van der Waals surface area (Å²) in [6.07, 6.45) is 10.1. The Hall–Kier alpha value is -2.24. The summed E-state index contributed by atoms with van der Waals surface area (Å²) in [4.78, 5) is 53.6. The zero-order valence-corrected chi connectivity index (χ0v) is 14.3. The maximum atomic E-state index is 12.7. The van der Waals surface area contributed by atoms with E-state index < -0.39 is 0 Å². The standard InChI is InChI=1S/C20H20N2O4/c23-17-13-9-1-2-10(7-9)14(13)18(24)21(17)5-6-22-19(25)15-11-3-4-12(8-11)16(15)20(22)26/h1-4,9-16H,5-8H2/t9-,10+,11-,12+,13+,14-,15+,16-. The molecule has 8 atom stereocenters. The molecule has 4 amide bonds. The van der Waals surface area contributed by atoms with Crippen molar-refractivity contribution < 1.29 is 19.2 Å². The molecular weight excluding hydrogens is 332 g/mol. The van der Waals surface area contributed by atoms with Gasteiger partial charge in [0, 0.05) is 13.1 Å². The van der Waals surface area contributed by atoms with Crippen molar-refractivity contribution in [3.8, 4) is 0 Å². The van der Waals surface area contributed by atoms with Crippen LogP contribution in [0.2, 0.25) is 0 Å². The molecule has 0 aromatic carbocycles. The van der Waals surface area contributed by atoms with Crippen LogP contribution in [0.1, 0.15) is 12.8 Å². The van der Waals surface area contributed by atoms with E-state index in [9.17, 15) is 19.2 Å². The second kappa shape index (κ2) is 4.72. The fourth-order valence-corrected chi connectivity index (χ4v) is 6.57. The molecule has 0 N–H and O–H groups in total. The number of nitrogens with zero attached hydrogens (tertiary/aromatic N) is 2. The predicted molar refractivity (Wildman–Crippen MR) is 88.9 cm³/mol. The van der Waals surface area contributed by atoms with Crippen LogP contribution in [0.25, 0.3) is 0 Å². The van der Waals surface area contributed by atoms with E-state index in [1.165, 1.54) is 9.80 Å². The Morgan fingerprint density at radius 1 is 0.577 bits per heavy atom. The SMILES string of the molecule is O=C1[C@@H]2[C@H](C(=O)N1CCN1C(=O)[C@@H]3[C@H](C1=O)[C@H]1C=C[C@@H]3C1)[C@H]1C=C[C@@H]2C1. The molecule has 4 fully saturated rings. The number of hydrogen-bond acceptors (Lipinski definition) is 4. The maximum absolute atomic E-state index is 12.7. The second-order valence-electron chi connectivity index (χ2n) is 8.66. The van der Waals surface area contributed by atoms with Gasteiger partial charge in [-0.05, 0) is 36.5 Å². The Labute approximate surface area is 150 Å². The van der Waals surface area contributed by atoms with E-state index >= 15 is 0 Å². The average Bonchev–Trinajstić information content (AvgIpc) is 3.43. The number of likely N-dealkylation sites (tertiary alicyclic amines) is 2. The van der Waals surface area contributed by atoms with Crippen molar-refractivity contribution in [2.75, 3.05) is 13.1 Å². The first kappa shape index (κ1) is 14.9. The van der Waals surface area contributed by atoms with Gasteiger partial charge in [0.05, 0.1) is 23.7 Å². The van der Waals surface area contributed by atoms with Crippen molar-refractivity contribution in [3.05, 3.63) is 24.3 Å². The Morgan fingerprint density at radius 3 is 1.12 bits per heavy atom. The van der Waals surface area contributed by atoms with E-state index in [0.29, 0.717) is 0 Å². The third-order valence-electron chi connectivity index (χ3n) is 7.67. The lowest BCUT2D eigenvalue weighted by Crippen LogP contribution is -2.42. The van der Waals surface area contributed by atoms with Crippen molar-refractivity contribution in [1.29, 1.82) is 0 Å². The van der Waals surface area contributed by atoms with Crippen LogP contribution < -0.4 is 0 Å². The fraction of sp³-hybridized carbons (Fsp3) is 0.600. The van der Waals surface area contributed by atoms with E-state index in [-0.39, 0.29) is 84.1 Å². The molecule has 4 bridgehead atoms. The van der Waals surface area contributed by atoms with Crippen LogP contribution in [-0.4, -0.2) is 46.5 Å². The molecule has 0 aromatic heterocycles. The van der Waals surface area contributed by atoms with Gasteiger partial charge in [0.25, 0.3) is 0 Å².